The number of aromatic nitrogens is 2. The van der Waals surface area contributed by atoms with Crippen molar-refractivity contribution in [1.29, 1.82) is 0 Å². The summed E-state index contributed by atoms with van der Waals surface area (Å²) in [5, 5.41) is 1.84. The SMILES string of the molecule is Cc1csc2nc(CN3C(=O)c4ccccc4C3=O)cc(=O)n12. The molecule has 6 nitrogen and oxygen atoms in total. The molecule has 0 bridgehead atoms. The van der Waals surface area contributed by atoms with Crippen molar-refractivity contribution in [2.45, 2.75) is 13.5 Å². The average molecular weight is 325 g/mol. The Labute approximate surface area is 134 Å². The van der Waals surface area contributed by atoms with Crippen LogP contribution in [0.3, 0.4) is 0 Å². The molecule has 4 rings (SSSR count). The van der Waals surface area contributed by atoms with Gasteiger partial charge in [-0.05, 0) is 19.1 Å². The third-order valence-corrected chi connectivity index (χ3v) is 4.77. The number of imide groups is 1. The molecule has 7 heteroatoms. The number of rotatable bonds is 2. The molecule has 0 aliphatic carbocycles. The van der Waals surface area contributed by atoms with Crippen LogP contribution in [0.5, 0.6) is 0 Å². The van der Waals surface area contributed by atoms with Gasteiger partial charge in [-0.25, -0.2) is 4.98 Å². The summed E-state index contributed by atoms with van der Waals surface area (Å²) in [6.07, 6.45) is 0. The number of nitrogens with zero attached hydrogens (tertiary/aromatic N) is 3. The van der Waals surface area contributed by atoms with E-state index in [9.17, 15) is 14.4 Å². The third kappa shape index (κ3) is 2.01. The molecule has 2 amide bonds. The van der Waals surface area contributed by atoms with E-state index >= 15 is 0 Å². The lowest BCUT2D eigenvalue weighted by Crippen LogP contribution is -2.30. The lowest BCUT2D eigenvalue weighted by molar-refractivity contribution is 0.0640. The first-order chi connectivity index (χ1) is 11.1. The van der Waals surface area contributed by atoms with Gasteiger partial charge in [-0.1, -0.05) is 12.1 Å². The lowest BCUT2D eigenvalue weighted by atomic mass is 10.1. The Balaban J connectivity index is 1.74. The van der Waals surface area contributed by atoms with Gasteiger partial charge in [0.15, 0.2) is 4.96 Å². The van der Waals surface area contributed by atoms with E-state index in [1.54, 1.807) is 24.3 Å². The second-order valence-electron chi connectivity index (χ2n) is 5.32. The van der Waals surface area contributed by atoms with E-state index in [0.29, 0.717) is 21.8 Å². The highest BCUT2D eigenvalue weighted by Gasteiger charge is 2.35. The highest BCUT2D eigenvalue weighted by molar-refractivity contribution is 7.15. The van der Waals surface area contributed by atoms with Crippen molar-refractivity contribution in [2.75, 3.05) is 0 Å². The number of fused-ring (bicyclic) bond motifs is 2. The molecular weight excluding hydrogens is 314 g/mol. The van der Waals surface area contributed by atoms with Crippen molar-refractivity contribution in [2.24, 2.45) is 0 Å². The van der Waals surface area contributed by atoms with E-state index in [2.05, 4.69) is 4.98 Å². The van der Waals surface area contributed by atoms with Gasteiger partial charge >= 0.3 is 0 Å². The van der Waals surface area contributed by atoms with Gasteiger partial charge < -0.3 is 0 Å². The highest BCUT2D eigenvalue weighted by Crippen LogP contribution is 2.24. The first-order valence-corrected chi connectivity index (χ1v) is 7.86. The molecule has 3 heterocycles. The van der Waals surface area contributed by atoms with Crippen LogP contribution in [0.2, 0.25) is 0 Å². The van der Waals surface area contributed by atoms with E-state index in [0.717, 1.165) is 10.6 Å². The monoisotopic (exact) mass is 325 g/mol. The molecule has 0 saturated heterocycles. The quantitative estimate of drug-likeness (QED) is 0.674. The summed E-state index contributed by atoms with van der Waals surface area (Å²) in [7, 11) is 0. The van der Waals surface area contributed by atoms with Crippen LogP contribution in [-0.2, 0) is 6.54 Å². The van der Waals surface area contributed by atoms with Crippen LogP contribution in [0.15, 0.2) is 40.5 Å². The van der Waals surface area contributed by atoms with E-state index in [1.807, 2.05) is 12.3 Å². The molecule has 0 radical (unpaired) electrons. The second kappa shape index (κ2) is 4.85. The number of carbonyl (C=O) groups excluding carboxylic acids is 2. The second-order valence-corrected chi connectivity index (χ2v) is 6.16. The molecule has 1 aromatic carbocycles. The smallest absolute Gasteiger partial charge is 0.261 e. The Morgan fingerprint density at radius 1 is 1.09 bits per heavy atom. The topological polar surface area (TPSA) is 71.8 Å². The highest BCUT2D eigenvalue weighted by atomic mass is 32.1. The Morgan fingerprint density at radius 2 is 1.74 bits per heavy atom. The lowest BCUT2D eigenvalue weighted by Gasteiger charge is -2.13. The molecule has 0 atom stereocenters. The molecule has 1 aliphatic heterocycles. The van der Waals surface area contributed by atoms with Crippen molar-refractivity contribution >= 4 is 28.1 Å². The average Bonchev–Trinajstić information content (AvgIpc) is 3.02. The molecule has 0 fully saturated rings. The Kier molecular flexibility index (Phi) is 2.92. The summed E-state index contributed by atoms with van der Waals surface area (Å²) >= 11 is 1.35. The zero-order valence-corrected chi connectivity index (χ0v) is 13.0. The maximum absolute atomic E-state index is 12.4. The van der Waals surface area contributed by atoms with Crippen LogP contribution < -0.4 is 5.56 Å². The summed E-state index contributed by atoms with van der Waals surface area (Å²) in [6.45, 7) is 1.82. The first kappa shape index (κ1) is 13.8. The van der Waals surface area contributed by atoms with Crippen molar-refractivity contribution in [1.82, 2.24) is 14.3 Å². The summed E-state index contributed by atoms with van der Waals surface area (Å²) in [6, 6.07) is 8.07. The summed E-state index contributed by atoms with van der Waals surface area (Å²) in [5.74, 6) is -0.704. The van der Waals surface area contributed by atoms with Gasteiger partial charge in [-0.15, -0.1) is 11.3 Å². The number of aryl methyl sites for hydroxylation is 1. The molecule has 23 heavy (non-hydrogen) atoms. The van der Waals surface area contributed by atoms with Gasteiger partial charge in [0, 0.05) is 17.1 Å². The fourth-order valence-electron chi connectivity index (χ4n) is 2.73. The Morgan fingerprint density at radius 3 is 2.39 bits per heavy atom. The Hall–Kier alpha value is -2.80. The molecule has 114 valence electrons. The zero-order chi connectivity index (χ0) is 16.1. The minimum atomic E-state index is -0.352. The van der Waals surface area contributed by atoms with E-state index in [-0.39, 0.29) is 23.9 Å². The van der Waals surface area contributed by atoms with Crippen molar-refractivity contribution in [3.8, 4) is 0 Å². The largest absolute Gasteiger partial charge is 0.269 e. The number of thiazole rings is 1. The zero-order valence-electron chi connectivity index (χ0n) is 12.1. The van der Waals surface area contributed by atoms with Crippen LogP contribution in [0.4, 0.5) is 0 Å². The van der Waals surface area contributed by atoms with Crippen LogP contribution in [0.1, 0.15) is 32.1 Å². The molecule has 1 aliphatic rings. The van der Waals surface area contributed by atoms with Gasteiger partial charge in [0.2, 0.25) is 0 Å². The van der Waals surface area contributed by atoms with Crippen LogP contribution >= 0.6 is 11.3 Å². The maximum atomic E-state index is 12.4. The van der Waals surface area contributed by atoms with Gasteiger partial charge in [0.25, 0.3) is 17.4 Å². The van der Waals surface area contributed by atoms with Crippen LogP contribution in [0, 0.1) is 6.92 Å². The van der Waals surface area contributed by atoms with Gasteiger partial charge in [-0.3, -0.25) is 23.7 Å². The van der Waals surface area contributed by atoms with Gasteiger partial charge in [-0.2, -0.15) is 0 Å². The van der Waals surface area contributed by atoms with Gasteiger partial charge in [0.1, 0.15) is 0 Å². The van der Waals surface area contributed by atoms with E-state index in [1.165, 1.54) is 21.8 Å². The molecule has 2 aromatic heterocycles. The first-order valence-electron chi connectivity index (χ1n) is 6.98. The predicted octanol–water partition coefficient (Wildman–Crippen LogP) is 1.86. The molecule has 0 saturated carbocycles. The number of carbonyl (C=O) groups is 2. The van der Waals surface area contributed by atoms with Gasteiger partial charge in [0.05, 0.1) is 23.4 Å². The molecule has 0 spiro atoms. The standard InChI is InChI=1S/C16H11N3O3S/c1-9-8-23-16-17-10(6-13(20)19(9)16)7-18-14(21)11-4-2-3-5-12(11)15(18)22/h2-6,8H,7H2,1H3. The number of amides is 2. The van der Waals surface area contributed by atoms with Crippen LogP contribution in [-0.4, -0.2) is 26.1 Å². The fourth-order valence-corrected chi connectivity index (χ4v) is 3.62. The van der Waals surface area contributed by atoms with E-state index in [4.69, 9.17) is 0 Å². The number of hydrogen-bond donors (Lipinski definition) is 0. The van der Waals surface area contributed by atoms with Crippen molar-refractivity contribution in [3.05, 3.63) is 68.6 Å². The normalized spacial score (nSPS) is 13.9. The minimum Gasteiger partial charge on any atom is -0.269 e. The van der Waals surface area contributed by atoms with Crippen molar-refractivity contribution < 1.29 is 9.59 Å². The molecular formula is C16H11N3O3S. The fraction of sp³-hybridized carbons (Fsp3) is 0.125. The molecule has 0 N–H and O–H groups in total. The molecule has 3 aromatic rings. The summed E-state index contributed by atoms with van der Waals surface area (Å²) < 4.78 is 1.51. The van der Waals surface area contributed by atoms with Crippen LogP contribution in [0.25, 0.3) is 4.96 Å². The number of benzene rings is 1. The minimum absolute atomic E-state index is 0.00493. The maximum Gasteiger partial charge on any atom is 0.261 e. The van der Waals surface area contributed by atoms with Crippen molar-refractivity contribution in [3.63, 3.8) is 0 Å². The molecule has 0 unspecified atom stereocenters. The summed E-state index contributed by atoms with van der Waals surface area (Å²) in [5.41, 5.74) is 1.80. The van der Waals surface area contributed by atoms with E-state index < -0.39 is 0 Å². The number of hydrogen-bond acceptors (Lipinski definition) is 5. The Bertz CT molecular complexity index is 999. The third-order valence-electron chi connectivity index (χ3n) is 3.83. The predicted molar refractivity (Wildman–Crippen MR) is 84.7 cm³/mol. The summed E-state index contributed by atoms with van der Waals surface area (Å²) in [4.78, 5) is 43.0.